The number of nitrogens with two attached hydrogens (primary N) is 1. The van der Waals surface area contributed by atoms with E-state index in [1.165, 1.54) is 23.5 Å². The van der Waals surface area contributed by atoms with Crippen molar-refractivity contribution >= 4 is 53.2 Å². The zero-order chi connectivity index (χ0) is 27.8. The summed E-state index contributed by atoms with van der Waals surface area (Å²) in [7, 11) is 0. The summed E-state index contributed by atoms with van der Waals surface area (Å²) in [4.78, 5) is 61.3. The highest BCUT2D eigenvalue weighted by atomic mass is 32.2. The van der Waals surface area contributed by atoms with Crippen molar-refractivity contribution in [3.63, 3.8) is 0 Å². The lowest BCUT2D eigenvalue weighted by Crippen LogP contribution is -2.57. The average molecular weight is 557 g/mol. The maximum Gasteiger partial charge on any atom is 0.326 e. The van der Waals surface area contributed by atoms with Crippen molar-refractivity contribution in [1.29, 1.82) is 0 Å². The van der Waals surface area contributed by atoms with Crippen LogP contribution in [0, 0.1) is 0 Å². The van der Waals surface area contributed by atoms with Crippen molar-refractivity contribution in [2.24, 2.45) is 5.73 Å². The number of rotatable bonds is 18. The van der Waals surface area contributed by atoms with E-state index in [1.807, 2.05) is 36.6 Å². The quantitative estimate of drug-likeness (QED) is 0.148. The minimum Gasteiger partial charge on any atom is -0.481 e. The van der Waals surface area contributed by atoms with Gasteiger partial charge in [0.2, 0.25) is 17.7 Å². The normalized spacial score (nSPS) is 14.0. The van der Waals surface area contributed by atoms with Gasteiger partial charge in [0.25, 0.3) is 0 Å². The number of hydrogen-bond donors (Lipinski definition) is 6. The SMILES string of the molecule is CSCCC(NC(=O)C(CCC(=O)O)NC(=O)C(CCSC)NC(=O)C(N)Cc1ccccc1)C(=O)O. The van der Waals surface area contributed by atoms with E-state index in [1.54, 1.807) is 6.26 Å². The smallest absolute Gasteiger partial charge is 0.326 e. The van der Waals surface area contributed by atoms with Crippen LogP contribution < -0.4 is 21.7 Å². The van der Waals surface area contributed by atoms with Crippen molar-refractivity contribution in [1.82, 2.24) is 16.0 Å². The van der Waals surface area contributed by atoms with Crippen LogP contribution in [0.4, 0.5) is 0 Å². The minimum absolute atomic E-state index is 0.160. The summed E-state index contributed by atoms with van der Waals surface area (Å²) in [5.74, 6) is -3.44. The van der Waals surface area contributed by atoms with Crippen LogP contribution in [0.1, 0.15) is 31.2 Å². The molecule has 0 aliphatic rings. The Hall–Kier alpha value is -2.77. The molecule has 0 bridgehead atoms. The van der Waals surface area contributed by atoms with Gasteiger partial charge in [-0.25, -0.2) is 4.79 Å². The molecule has 0 aliphatic heterocycles. The number of benzene rings is 1. The molecule has 4 atom stereocenters. The molecule has 13 heteroatoms. The van der Waals surface area contributed by atoms with Crippen molar-refractivity contribution in [3.05, 3.63) is 35.9 Å². The summed E-state index contributed by atoms with van der Waals surface area (Å²) in [5.41, 5.74) is 6.90. The van der Waals surface area contributed by atoms with E-state index in [2.05, 4.69) is 16.0 Å². The second-order valence-corrected chi connectivity index (χ2v) is 10.3. The van der Waals surface area contributed by atoms with E-state index in [4.69, 9.17) is 10.8 Å². The van der Waals surface area contributed by atoms with E-state index >= 15 is 0 Å². The Morgan fingerprint density at radius 3 is 1.78 bits per heavy atom. The van der Waals surface area contributed by atoms with E-state index in [-0.39, 0.29) is 25.7 Å². The fourth-order valence-corrected chi connectivity index (χ4v) is 4.26. The van der Waals surface area contributed by atoms with Gasteiger partial charge in [0.1, 0.15) is 18.1 Å². The average Bonchev–Trinajstić information content (AvgIpc) is 2.86. The Bertz CT molecular complexity index is 904. The maximum absolute atomic E-state index is 13.1. The predicted octanol–water partition coefficient (Wildman–Crippen LogP) is 0.466. The molecule has 4 unspecified atom stereocenters. The van der Waals surface area contributed by atoms with Crippen LogP contribution in [-0.2, 0) is 30.4 Å². The van der Waals surface area contributed by atoms with Gasteiger partial charge in [-0.05, 0) is 55.3 Å². The third-order valence-electron chi connectivity index (χ3n) is 5.38. The zero-order valence-corrected chi connectivity index (χ0v) is 22.6. The molecular formula is C24H36N4O7S2. The number of carboxylic acid groups (broad SMARTS) is 2. The van der Waals surface area contributed by atoms with Gasteiger partial charge >= 0.3 is 11.9 Å². The molecule has 3 amide bonds. The van der Waals surface area contributed by atoms with E-state index in [0.29, 0.717) is 11.5 Å². The predicted molar refractivity (Wildman–Crippen MR) is 144 cm³/mol. The molecule has 1 aromatic rings. The highest BCUT2D eigenvalue weighted by molar-refractivity contribution is 7.98. The zero-order valence-electron chi connectivity index (χ0n) is 21.0. The van der Waals surface area contributed by atoms with Crippen molar-refractivity contribution in [2.45, 2.75) is 56.3 Å². The van der Waals surface area contributed by atoms with Gasteiger partial charge in [-0.2, -0.15) is 23.5 Å². The molecule has 206 valence electrons. The highest BCUT2D eigenvalue weighted by Gasteiger charge is 2.30. The summed E-state index contributed by atoms with van der Waals surface area (Å²) in [5, 5.41) is 26.0. The molecule has 0 fully saturated rings. The van der Waals surface area contributed by atoms with Crippen LogP contribution in [0.5, 0.6) is 0 Å². The first-order valence-corrected chi connectivity index (χ1v) is 14.5. The summed E-state index contributed by atoms with van der Waals surface area (Å²) in [6, 6.07) is 4.75. The minimum atomic E-state index is -1.30. The van der Waals surface area contributed by atoms with Gasteiger partial charge in [0, 0.05) is 6.42 Å². The third-order valence-corrected chi connectivity index (χ3v) is 6.67. The number of aliphatic carboxylic acids is 2. The first kappa shape index (κ1) is 32.3. The number of carbonyl (C=O) groups excluding carboxylic acids is 3. The molecule has 0 saturated heterocycles. The van der Waals surface area contributed by atoms with Crippen LogP contribution in [0.25, 0.3) is 0 Å². The summed E-state index contributed by atoms with van der Waals surface area (Å²) in [6.45, 7) is 0. The Morgan fingerprint density at radius 2 is 1.27 bits per heavy atom. The first-order chi connectivity index (χ1) is 17.6. The molecule has 0 spiro atoms. The van der Waals surface area contributed by atoms with Crippen LogP contribution in [-0.4, -0.2) is 88.1 Å². The van der Waals surface area contributed by atoms with Crippen LogP contribution in [0.2, 0.25) is 0 Å². The second-order valence-electron chi connectivity index (χ2n) is 8.31. The van der Waals surface area contributed by atoms with Gasteiger partial charge in [-0.3, -0.25) is 19.2 Å². The maximum atomic E-state index is 13.1. The molecule has 0 heterocycles. The molecule has 7 N–H and O–H groups in total. The lowest BCUT2D eigenvalue weighted by molar-refractivity contribution is -0.143. The summed E-state index contributed by atoms with van der Waals surface area (Å²) in [6.07, 6.45) is 3.62. The van der Waals surface area contributed by atoms with Gasteiger partial charge in [0.05, 0.1) is 6.04 Å². The molecular weight excluding hydrogens is 520 g/mol. The fraction of sp³-hybridized carbons (Fsp3) is 0.542. The Balaban J connectivity index is 2.95. The van der Waals surface area contributed by atoms with Gasteiger partial charge in [-0.15, -0.1) is 0 Å². The molecule has 11 nitrogen and oxygen atoms in total. The molecule has 0 aliphatic carbocycles. The lowest BCUT2D eigenvalue weighted by Gasteiger charge is -2.25. The molecule has 0 saturated carbocycles. The third kappa shape index (κ3) is 12.8. The Morgan fingerprint density at radius 1 is 0.784 bits per heavy atom. The second kappa shape index (κ2) is 17.6. The molecule has 0 aromatic heterocycles. The van der Waals surface area contributed by atoms with Crippen molar-refractivity contribution < 1.29 is 34.2 Å². The molecule has 1 rings (SSSR count). The van der Waals surface area contributed by atoms with Gasteiger partial charge in [-0.1, -0.05) is 30.3 Å². The molecule has 0 radical (unpaired) electrons. The number of hydrogen-bond acceptors (Lipinski definition) is 8. The number of thioether (sulfide) groups is 2. The molecule has 37 heavy (non-hydrogen) atoms. The van der Waals surface area contributed by atoms with Gasteiger partial charge < -0.3 is 31.9 Å². The van der Waals surface area contributed by atoms with Gasteiger partial charge in [0.15, 0.2) is 0 Å². The van der Waals surface area contributed by atoms with Crippen molar-refractivity contribution in [3.8, 4) is 0 Å². The number of amides is 3. The van der Waals surface area contributed by atoms with E-state index in [9.17, 15) is 29.1 Å². The van der Waals surface area contributed by atoms with E-state index < -0.39 is 60.2 Å². The Labute approximate surface area is 225 Å². The number of carbonyl (C=O) groups is 5. The number of carboxylic acids is 2. The monoisotopic (exact) mass is 556 g/mol. The van der Waals surface area contributed by atoms with Crippen LogP contribution >= 0.6 is 23.5 Å². The summed E-state index contributed by atoms with van der Waals surface area (Å²) >= 11 is 2.87. The van der Waals surface area contributed by atoms with Crippen molar-refractivity contribution in [2.75, 3.05) is 24.0 Å². The van der Waals surface area contributed by atoms with Crippen LogP contribution in [0.3, 0.4) is 0 Å². The lowest BCUT2D eigenvalue weighted by atomic mass is 10.0. The topological polar surface area (TPSA) is 188 Å². The largest absolute Gasteiger partial charge is 0.481 e. The molecule has 1 aromatic carbocycles. The van der Waals surface area contributed by atoms with Crippen LogP contribution in [0.15, 0.2) is 30.3 Å². The summed E-state index contributed by atoms with van der Waals surface area (Å²) < 4.78 is 0. The standard InChI is InChI=1S/C24H36N4O7S2/c1-36-12-10-18(26-21(31)16(25)14-15-6-4-3-5-7-15)23(33)27-17(8-9-20(29)30)22(32)28-19(24(34)35)11-13-37-2/h3-7,16-19H,8-14,25H2,1-2H3,(H,26,31)(H,27,33)(H,28,32)(H,29,30)(H,34,35). The van der Waals surface area contributed by atoms with E-state index in [0.717, 1.165) is 5.56 Å². The Kier molecular flexibility index (Phi) is 15.4. The fourth-order valence-electron chi connectivity index (χ4n) is 3.32. The highest BCUT2D eigenvalue weighted by Crippen LogP contribution is 2.08. The first-order valence-electron chi connectivity index (χ1n) is 11.7. The number of nitrogens with one attached hydrogen (secondary N) is 3.